The maximum atomic E-state index is 12.1. The van der Waals surface area contributed by atoms with Crippen molar-refractivity contribution in [3.63, 3.8) is 0 Å². The molecule has 0 aromatic carbocycles. The number of fused-ring (bicyclic) bond motifs is 1. The fourth-order valence-corrected chi connectivity index (χ4v) is 2.64. The standard InChI is InChI=1S/C15H20N4O2/c1-10(2)7-13-16-14(21-18-13)9-19-15(20)8-11-5-3-4-6-12(11)17-19/h8,10H,3-7,9H2,1-2H3. The molecule has 1 aliphatic rings. The summed E-state index contributed by atoms with van der Waals surface area (Å²) in [7, 11) is 0. The van der Waals surface area contributed by atoms with Crippen LogP contribution in [-0.2, 0) is 25.8 Å². The van der Waals surface area contributed by atoms with Crippen LogP contribution < -0.4 is 5.56 Å². The van der Waals surface area contributed by atoms with Gasteiger partial charge in [-0.25, -0.2) is 4.68 Å². The molecule has 2 aromatic heterocycles. The lowest BCUT2D eigenvalue weighted by atomic mass is 9.97. The van der Waals surface area contributed by atoms with Crippen LogP contribution in [0.3, 0.4) is 0 Å². The Labute approximate surface area is 123 Å². The molecule has 0 fully saturated rings. The third kappa shape index (κ3) is 3.20. The Hall–Kier alpha value is -1.98. The molecule has 0 saturated heterocycles. The van der Waals surface area contributed by atoms with Crippen LogP contribution in [0.4, 0.5) is 0 Å². The maximum absolute atomic E-state index is 12.1. The van der Waals surface area contributed by atoms with E-state index in [9.17, 15) is 4.79 Å². The van der Waals surface area contributed by atoms with Crippen LogP contribution in [0.15, 0.2) is 15.4 Å². The van der Waals surface area contributed by atoms with Crippen LogP contribution in [-0.4, -0.2) is 19.9 Å². The van der Waals surface area contributed by atoms with E-state index in [2.05, 4.69) is 29.1 Å². The molecule has 0 aliphatic heterocycles. The van der Waals surface area contributed by atoms with E-state index in [0.29, 0.717) is 17.6 Å². The number of nitrogens with zero attached hydrogens (tertiary/aromatic N) is 4. The molecular formula is C15H20N4O2. The zero-order chi connectivity index (χ0) is 14.8. The van der Waals surface area contributed by atoms with Crippen molar-refractivity contribution in [1.29, 1.82) is 0 Å². The van der Waals surface area contributed by atoms with E-state index >= 15 is 0 Å². The van der Waals surface area contributed by atoms with Crippen LogP contribution in [0.1, 0.15) is 49.7 Å². The minimum Gasteiger partial charge on any atom is -0.337 e. The van der Waals surface area contributed by atoms with E-state index in [4.69, 9.17) is 4.52 Å². The molecule has 1 aliphatic carbocycles. The van der Waals surface area contributed by atoms with Gasteiger partial charge in [0.2, 0.25) is 5.89 Å². The van der Waals surface area contributed by atoms with E-state index < -0.39 is 0 Å². The Morgan fingerprint density at radius 3 is 2.95 bits per heavy atom. The fourth-order valence-electron chi connectivity index (χ4n) is 2.64. The average Bonchev–Trinajstić information content (AvgIpc) is 2.86. The monoisotopic (exact) mass is 288 g/mol. The predicted molar refractivity (Wildman–Crippen MR) is 77.1 cm³/mol. The summed E-state index contributed by atoms with van der Waals surface area (Å²) >= 11 is 0. The lowest BCUT2D eigenvalue weighted by Gasteiger charge is -2.15. The number of rotatable bonds is 4. The Morgan fingerprint density at radius 2 is 2.14 bits per heavy atom. The average molecular weight is 288 g/mol. The Kier molecular flexibility index (Phi) is 3.86. The lowest BCUT2D eigenvalue weighted by Crippen LogP contribution is -2.26. The third-order valence-corrected chi connectivity index (χ3v) is 3.66. The molecule has 2 heterocycles. The van der Waals surface area contributed by atoms with Gasteiger partial charge in [0.1, 0.15) is 6.54 Å². The molecule has 3 rings (SSSR count). The molecule has 0 spiro atoms. The summed E-state index contributed by atoms with van der Waals surface area (Å²) in [6, 6.07) is 1.70. The highest BCUT2D eigenvalue weighted by molar-refractivity contribution is 5.20. The summed E-state index contributed by atoms with van der Waals surface area (Å²) in [6.07, 6.45) is 4.95. The first kappa shape index (κ1) is 14.0. The van der Waals surface area contributed by atoms with Crippen molar-refractivity contribution in [2.24, 2.45) is 5.92 Å². The molecule has 21 heavy (non-hydrogen) atoms. The summed E-state index contributed by atoms with van der Waals surface area (Å²) in [6.45, 7) is 4.45. The molecule has 6 heteroatoms. The molecule has 112 valence electrons. The van der Waals surface area contributed by atoms with Crippen molar-refractivity contribution in [2.45, 2.75) is 52.5 Å². The number of aromatic nitrogens is 4. The minimum atomic E-state index is -0.0979. The van der Waals surface area contributed by atoms with Gasteiger partial charge in [-0.05, 0) is 37.2 Å². The van der Waals surface area contributed by atoms with Crippen molar-refractivity contribution >= 4 is 0 Å². The number of hydrogen-bond acceptors (Lipinski definition) is 5. The molecule has 6 nitrogen and oxygen atoms in total. The highest BCUT2D eigenvalue weighted by Gasteiger charge is 2.15. The van der Waals surface area contributed by atoms with Gasteiger partial charge in [-0.2, -0.15) is 10.1 Å². The molecule has 0 bridgehead atoms. The van der Waals surface area contributed by atoms with Crippen LogP contribution >= 0.6 is 0 Å². The second-order valence-corrected chi connectivity index (χ2v) is 6.02. The van der Waals surface area contributed by atoms with Gasteiger partial charge in [0.25, 0.3) is 5.56 Å². The number of aryl methyl sites for hydroxylation is 2. The molecule has 2 aromatic rings. The third-order valence-electron chi connectivity index (χ3n) is 3.66. The lowest BCUT2D eigenvalue weighted by molar-refractivity contribution is 0.355. The second-order valence-electron chi connectivity index (χ2n) is 6.02. The van der Waals surface area contributed by atoms with Crippen LogP contribution in [0.5, 0.6) is 0 Å². The fraction of sp³-hybridized carbons (Fsp3) is 0.600. The summed E-state index contributed by atoms with van der Waals surface area (Å²) in [4.78, 5) is 16.4. The SMILES string of the molecule is CC(C)Cc1noc(Cn2nc3c(cc2=O)CCCC3)n1. The zero-order valence-electron chi connectivity index (χ0n) is 12.5. The van der Waals surface area contributed by atoms with Crippen molar-refractivity contribution in [1.82, 2.24) is 19.9 Å². The van der Waals surface area contributed by atoms with E-state index in [-0.39, 0.29) is 12.1 Å². The largest absolute Gasteiger partial charge is 0.337 e. The normalized spacial score (nSPS) is 14.4. The van der Waals surface area contributed by atoms with Gasteiger partial charge in [0.15, 0.2) is 5.82 Å². The molecular weight excluding hydrogens is 268 g/mol. The van der Waals surface area contributed by atoms with Crippen LogP contribution in [0.2, 0.25) is 0 Å². The first-order valence-corrected chi connectivity index (χ1v) is 7.53. The van der Waals surface area contributed by atoms with Gasteiger partial charge < -0.3 is 4.52 Å². The second kappa shape index (κ2) is 5.79. The first-order chi connectivity index (χ1) is 10.1. The van der Waals surface area contributed by atoms with Crippen molar-refractivity contribution in [3.8, 4) is 0 Å². The van der Waals surface area contributed by atoms with E-state index in [0.717, 1.165) is 43.4 Å². The molecule has 0 amide bonds. The van der Waals surface area contributed by atoms with Gasteiger partial charge in [0, 0.05) is 12.5 Å². The molecule has 0 radical (unpaired) electrons. The summed E-state index contributed by atoms with van der Waals surface area (Å²) < 4.78 is 6.64. The predicted octanol–water partition coefficient (Wildman–Crippen LogP) is 1.75. The first-order valence-electron chi connectivity index (χ1n) is 7.53. The van der Waals surface area contributed by atoms with Gasteiger partial charge >= 0.3 is 0 Å². The van der Waals surface area contributed by atoms with Crippen molar-refractivity contribution < 1.29 is 4.52 Å². The van der Waals surface area contributed by atoms with Gasteiger partial charge in [-0.1, -0.05) is 19.0 Å². The summed E-state index contributed by atoms with van der Waals surface area (Å²) in [5.41, 5.74) is 2.02. The van der Waals surface area contributed by atoms with Crippen molar-refractivity contribution in [3.05, 3.63) is 39.4 Å². The van der Waals surface area contributed by atoms with Gasteiger partial charge in [-0.3, -0.25) is 4.79 Å². The van der Waals surface area contributed by atoms with Crippen LogP contribution in [0.25, 0.3) is 0 Å². The highest BCUT2D eigenvalue weighted by atomic mass is 16.5. The summed E-state index contributed by atoms with van der Waals surface area (Å²) in [5.74, 6) is 1.60. The quantitative estimate of drug-likeness (QED) is 0.857. The molecule has 0 saturated carbocycles. The zero-order valence-corrected chi connectivity index (χ0v) is 12.5. The Balaban J connectivity index is 1.81. The van der Waals surface area contributed by atoms with E-state index in [1.54, 1.807) is 6.07 Å². The molecule has 0 atom stereocenters. The van der Waals surface area contributed by atoms with Crippen molar-refractivity contribution in [2.75, 3.05) is 0 Å². The Morgan fingerprint density at radius 1 is 1.33 bits per heavy atom. The molecule has 0 N–H and O–H groups in total. The minimum absolute atomic E-state index is 0.0979. The number of hydrogen-bond donors (Lipinski definition) is 0. The topological polar surface area (TPSA) is 73.8 Å². The highest BCUT2D eigenvalue weighted by Crippen LogP contribution is 2.17. The van der Waals surface area contributed by atoms with E-state index in [1.165, 1.54) is 4.68 Å². The Bertz CT molecular complexity index is 687. The maximum Gasteiger partial charge on any atom is 0.267 e. The van der Waals surface area contributed by atoms with Crippen LogP contribution in [0, 0.1) is 5.92 Å². The summed E-state index contributed by atoms with van der Waals surface area (Å²) in [5, 5.41) is 8.40. The molecule has 0 unspecified atom stereocenters. The van der Waals surface area contributed by atoms with E-state index in [1.807, 2.05) is 0 Å². The van der Waals surface area contributed by atoms with Gasteiger partial charge in [0.05, 0.1) is 5.69 Å². The van der Waals surface area contributed by atoms with Gasteiger partial charge in [-0.15, -0.1) is 0 Å². The smallest absolute Gasteiger partial charge is 0.267 e.